The summed E-state index contributed by atoms with van der Waals surface area (Å²) in [5, 5.41) is 0. The molecule has 0 amide bonds. The third-order valence-corrected chi connectivity index (χ3v) is 2.62. The summed E-state index contributed by atoms with van der Waals surface area (Å²) < 4.78 is 79.6. The number of aromatic nitrogens is 1. The van der Waals surface area contributed by atoms with E-state index in [-0.39, 0.29) is 0 Å². The standard InChI is InChI=1S/C13H7F6NO2/c14-12(15,16)11-10(8(21)5-6-20-11)7-3-1-2-4-9(7)22-13(17,18)19/h1-6H,(H,20,21). The number of aromatic amines is 1. The number of H-pyrrole nitrogens is 1. The van der Waals surface area contributed by atoms with Gasteiger partial charge in [0.1, 0.15) is 11.4 Å². The molecule has 0 saturated carbocycles. The lowest BCUT2D eigenvalue weighted by Gasteiger charge is -2.16. The number of hydrogen-bond acceptors (Lipinski definition) is 2. The van der Waals surface area contributed by atoms with Crippen molar-refractivity contribution in [3.8, 4) is 16.9 Å². The van der Waals surface area contributed by atoms with E-state index in [2.05, 4.69) is 4.74 Å². The number of hydrogen-bond donors (Lipinski definition) is 1. The topological polar surface area (TPSA) is 42.1 Å². The maximum atomic E-state index is 13.0. The van der Waals surface area contributed by atoms with Crippen LogP contribution in [0.1, 0.15) is 5.69 Å². The number of benzene rings is 1. The predicted molar refractivity (Wildman–Crippen MR) is 64.2 cm³/mol. The Morgan fingerprint density at radius 3 is 2.18 bits per heavy atom. The zero-order chi connectivity index (χ0) is 16.5. The fourth-order valence-corrected chi connectivity index (χ4v) is 1.86. The molecule has 1 heterocycles. The number of pyridine rings is 1. The molecule has 2 aromatic rings. The Morgan fingerprint density at radius 2 is 1.59 bits per heavy atom. The molecule has 0 atom stereocenters. The zero-order valence-corrected chi connectivity index (χ0v) is 10.5. The molecule has 2 rings (SSSR count). The summed E-state index contributed by atoms with van der Waals surface area (Å²) in [5.41, 5.74) is -4.06. The molecule has 1 aromatic heterocycles. The van der Waals surface area contributed by atoms with Crippen LogP contribution in [0.25, 0.3) is 11.1 Å². The molecule has 0 fully saturated rings. The van der Waals surface area contributed by atoms with Gasteiger partial charge in [-0.05, 0) is 6.07 Å². The highest BCUT2D eigenvalue weighted by molar-refractivity contribution is 5.72. The van der Waals surface area contributed by atoms with E-state index < -0.39 is 40.5 Å². The number of nitrogens with one attached hydrogen (secondary N) is 1. The van der Waals surface area contributed by atoms with Crippen LogP contribution >= 0.6 is 0 Å². The quantitative estimate of drug-likeness (QED) is 0.850. The first kappa shape index (κ1) is 15.9. The van der Waals surface area contributed by atoms with Gasteiger partial charge < -0.3 is 9.72 Å². The van der Waals surface area contributed by atoms with Crippen molar-refractivity contribution in [2.24, 2.45) is 0 Å². The third kappa shape index (κ3) is 3.41. The summed E-state index contributed by atoms with van der Waals surface area (Å²) >= 11 is 0. The van der Waals surface area contributed by atoms with Crippen molar-refractivity contribution in [1.29, 1.82) is 0 Å². The third-order valence-electron chi connectivity index (χ3n) is 2.62. The predicted octanol–water partition coefficient (Wildman–Crippen LogP) is 3.96. The lowest BCUT2D eigenvalue weighted by Crippen LogP contribution is -2.20. The van der Waals surface area contributed by atoms with Gasteiger partial charge >= 0.3 is 12.5 Å². The highest BCUT2D eigenvalue weighted by Crippen LogP contribution is 2.38. The molecule has 0 unspecified atom stereocenters. The fraction of sp³-hybridized carbons (Fsp3) is 0.154. The van der Waals surface area contributed by atoms with E-state index >= 15 is 0 Å². The SMILES string of the molecule is O=c1cc[nH]c(C(F)(F)F)c1-c1ccccc1OC(F)(F)F. The number of ether oxygens (including phenoxy) is 1. The molecule has 0 aliphatic rings. The largest absolute Gasteiger partial charge is 0.573 e. The molecule has 0 aliphatic heterocycles. The van der Waals surface area contributed by atoms with Crippen LogP contribution in [-0.2, 0) is 6.18 Å². The molecule has 0 aliphatic carbocycles. The van der Waals surface area contributed by atoms with Gasteiger partial charge in [0.2, 0.25) is 0 Å². The van der Waals surface area contributed by atoms with Crippen LogP contribution in [0.15, 0.2) is 41.3 Å². The van der Waals surface area contributed by atoms with Gasteiger partial charge in [-0.2, -0.15) is 13.2 Å². The minimum absolute atomic E-state index is 0.603. The van der Waals surface area contributed by atoms with Gasteiger partial charge in [-0.1, -0.05) is 18.2 Å². The van der Waals surface area contributed by atoms with E-state index in [1.54, 1.807) is 0 Å². The van der Waals surface area contributed by atoms with Crippen LogP contribution in [0.5, 0.6) is 5.75 Å². The van der Waals surface area contributed by atoms with Crippen LogP contribution in [0.2, 0.25) is 0 Å². The normalized spacial score (nSPS) is 12.3. The van der Waals surface area contributed by atoms with Crippen molar-refractivity contribution < 1.29 is 31.1 Å². The summed E-state index contributed by atoms with van der Waals surface area (Å²) in [6.07, 6.45) is -9.28. The Balaban J connectivity index is 2.71. The van der Waals surface area contributed by atoms with Crippen LogP contribution in [-0.4, -0.2) is 11.3 Å². The molecular formula is C13H7F6NO2. The smallest absolute Gasteiger partial charge is 0.405 e. The highest BCUT2D eigenvalue weighted by atomic mass is 19.4. The van der Waals surface area contributed by atoms with E-state index in [4.69, 9.17) is 0 Å². The van der Waals surface area contributed by atoms with E-state index in [9.17, 15) is 31.1 Å². The van der Waals surface area contributed by atoms with Crippen LogP contribution in [0.3, 0.4) is 0 Å². The van der Waals surface area contributed by atoms with Crippen molar-refractivity contribution in [3.63, 3.8) is 0 Å². The molecule has 1 aromatic carbocycles. The Labute approximate surface area is 119 Å². The molecule has 1 N–H and O–H groups in total. The van der Waals surface area contributed by atoms with Crippen molar-refractivity contribution in [1.82, 2.24) is 4.98 Å². The van der Waals surface area contributed by atoms with E-state index in [1.807, 2.05) is 4.98 Å². The second-order valence-corrected chi connectivity index (χ2v) is 4.13. The number of rotatable bonds is 2. The van der Waals surface area contributed by atoms with Gasteiger partial charge in [0.25, 0.3) is 0 Å². The van der Waals surface area contributed by atoms with E-state index in [1.165, 1.54) is 6.07 Å². The Kier molecular flexibility index (Phi) is 3.90. The summed E-state index contributed by atoms with van der Waals surface area (Å²) in [7, 11) is 0. The summed E-state index contributed by atoms with van der Waals surface area (Å²) in [6.45, 7) is 0. The number of para-hydroxylation sites is 1. The number of halogens is 6. The highest BCUT2D eigenvalue weighted by Gasteiger charge is 2.38. The van der Waals surface area contributed by atoms with E-state index in [0.717, 1.165) is 30.5 Å². The Morgan fingerprint density at radius 1 is 0.955 bits per heavy atom. The first-order valence-corrected chi connectivity index (χ1v) is 5.73. The van der Waals surface area contributed by atoms with Crippen LogP contribution in [0, 0.1) is 0 Å². The monoisotopic (exact) mass is 323 g/mol. The lowest BCUT2D eigenvalue weighted by molar-refractivity contribution is -0.274. The molecule has 0 bridgehead atoms. The average molecular weight is 323 g/mol. The maximum Gasteiger partial charge on any atom is 0.573 e. The second-order valence-electron chi connectivity index (χ2n) is 4.13. The van der Waals surface area contributed by atoms with Gasteiger partial charge in [0.05, 0.1) is 5.56 Å². The van der Waals surface area contributed by atoms with Gasteiger partial charge in [-0.3, -0.25) is 4.79 Å². The molecule has 3 nitrogen and oxygen atoms in total. The van der Waals surface area contributed by atoms with Crippen LogP contribution in [0.4, 0.5) is 26.3 Å². The molecular weight excluding hydrogens is 316 g/mol. The van der Waals surface area contributed by atoms with Gasteiger partial charge in [0.15, 0.2) is 5.43 Å². The zero-order valence-electron chi connectivity index (χ0n) is 10.5. The molecule has 0 radical (unpaired) electrons. The van der Waals surface area contributed by atoms with Crippen molar-refractivity contribution in [3.05, 3.63) is 52.4 Å². The number of alkyl halides is 6. The minimum Gasteiger partial charge on any atom is -0.405 e. The maximum absolute atomic E-state index is 13.0. The summed E-state index contributed by atoms with van der Waals surface area (Å²) in [5.74, 6) is -0.891. The van der Waals surface area contributed by atoms with Gasteiger partial charge in [-0.25, -0.2) is 0 Å². The molecule has 22 heavy (non-hydrogen) atoms. The van der Waals surface area contributed by atoms with Crippen molar-refractivity contribution in [2.75, 3.05) is 0 Å². The molecule has 0 saturated heterocycles. The van der Waals surface area contributed by atoms with Crippen molar-refractivity contribution in [2.45, 2.75) is 12.5 Å². The fourth-order valence-electron chi connectivity index (χ4n) is 1.86. The first-order chi connectivity index (χ1) is 10.1. The molecule has 0 spiro atoms. The van der Waals surface area contributed by atoms with E-state index in [0.29, 0.717) is 0 Å². The summed E-state index contributed by atoms with van der Waals surface area (Å²) in [6, 6.07) is 4.91. The average Bonchev–Trinajstić information content (AvgIpc) is 2.36. The Hall–Kier alpha value is -2.45. The minimum atomic E-state index is -5.10. The van der Waals surface area contributed by atoms with Crippen LogP contribution < -0.4 is 10.2 Å². The van der Waals surface area contributed by atoms with Gasteiger partial charge in [-0.15, -0.1) is 13.2 Å². The molecule has 118 valence electrons. The summed E-state index contributed by atoms with van der Waals surface area (Å²) in [4.78, 5) is 13.6. The first-order valence-electron chi connectivity index (χ1n) is 5.73. The molecule has 9 heteroatoms. The Bertz CT molecular complexity index is 732. The lowest BCUT2D eigenvalue weighted by atomic mass is 10.0. The van der Waals surface area contributed by atoms with Gasteiger partial charge in [0, 0.05) is 17.8 Å². The second kappa shape index (κ2) is 5.39. The van der Waals surface area contributed by atoms with Crippen molar-refractivity contribution >= 4 is 0 Å².